The maximum absolute atomic E-state index is 13.2. The Labute approximate surface area is 181 Å². The van der Waals surface area contributed by atoms with Crippen molar-refractivity contribution < 1.29 is 14.4 Å². The zero-order valence-corrected chi connectivity index (χ0v) is 17.4. The number of hydrogen-bond acceptors (Lipinski definition) is 7. The molecule has 1 atom stereocenters. The molecule has 1 unspecified atom stereocenters. The van der Waals surface area contributed by atoms with Gasteiger partial charge in [0, 0.05) is 12.6 Å². The summed E-state index contributed by atoms with van der Waals surface area (Å²) in [5, 5.41) is 11.7. The number of carbonyl (C=O) groups excluding carboxylic acids is 3. The van der Waals surface area contributed by atoms with Crippen molar-refractivity contribution in [3.8, 4) is 10.7 Å². The fourth-order valence-electron chi connectivity index (χ4n) is 4.11. The first kappa shape index (κ1) is 19.3. The first-order chi connectivity index (χ1) is 15.0. The average Bonchev–Trinajstić information content (AvgIpc) is 3.36. The lowest BCUT2D eigenvalue weighted by atomic mass is 9.98. The smallest absolute Gasteiger partial charge is 0.258 e. The number of aromatic nitrogens is 3. The molecule has 0 radical (unpaired) electrons. The maximum Gasteiger partial charge on any atom is 0.258 e. The van der Waals surface area contributed by atoms with Crippen molar-refractivity contribution in [3.63, 3.8) is 0 Å². The van der Waals surface area contributed by atoms with E-state index in [1.165, 1.54) is 16.2 Å². The van der Waals surface area contributed by atoms with Crippen LogP contribution in [-0.4, -0.2) is 50.0 Å². The van der Waals surface area contributed by atoms with Crippen LogP contribution in [-0.2, 0) is 9.59 Å². The summed E-state index contributed by atoms with van der Waals surface area (Å²) < 4.78 is 0. The molecular weight excluding hydrogens is 416 g/mol. The number of amides is 3. The second kappa shape index (κ2) is 7.24. The van der Waals surface area contributed by atoms with Gasteiger partial charge in [-0.1, -0.05) is 29.5 Å². The molecule has 0 aliphatic carbocycles. The van der Waals surface area contributed by atoms with Crippen molar-refractivity contribution in [1.82, 2.24) is 20.1 Å². The molecule has 1 fully saturated rings. The molecule has 1 saturated heterocycles. The van der Waals surface area contributed by atoms with Crippen LogP contribution in [0.3, 0.4) is 0 Å². The van der Waals surface area contributed by atoms with Crippen LogP contribution in [0.5, 0.6) is 0 Å². The number of anilines is 2. The third-order valence-electron chi connectivity index (χ3n) is 5.60. The Balaban J connectivity index is 1.38. The zero-order valence-electron chi connectivity index (χ0n) is 16.6. The lowest BCUT2D eigenvalue weighted by Crippen LogP contribution is -2.63. The standard InChI is InChI=1S/C21H18N6O3S/c1-21-10-9-17(29)27(21)15-8-3-2-6-13(15)19(30)26(21)12-16(28)23-20-25-24-18(31-20)14-7-4-5-11-22-14/h2-8,11H,9-10,12H2,1H3,(H,23,25,28). The fraction of sp³-hybridized carbons (Fsp3) is 0.238. The molecule has 4 heterocycles. The second-order valence-corrected chi connectivity index (χ2v) is 8.51. The van der Waals surface area contributed by atoms with Gasteiger partial charge < -0.3 is 4.90 Å². The van der Waals surface area contributed by atoms with Gasteiger partial charge in [-0.3, -0.25) is 29.6 Å². The Morgan fingerprint density at radius 1 is 1.16 bits per heavy atom. The highest BCUT2D eigenvalue weighted by Gasteiger charge is 2.53. The summed E-state index contributed by atoms with van der Waals surface area (Å²) in [4.78, 5) is 46.0. The number of pyridine rings is 1. The molecule has 0 spiro atoms. The number of nitrogens with one attached hydrogen (secondary N) is 1. The molecule has 5 rings (SSSR count). The quantitative estimate of drug-likeness (QED) is 0.676. The van der Waals surface area contributed by atoms with E-state index in [1.807, 2.05) is 19.1 Å². The topological polar surface area (TPSA) is 108 Å². The van der Waals surface area contributed by atoms with E-state index in [9.17, 15) is 14.4 Å². The SMILES string of the molecule is CC12CCC(=O)N1c1ccccc1C(=O)N2CC(=O)Nc1nnc(-c2ccccn2)s1. The normalized spacial score (nSPS) is 19.9. The number of hydrogen-bond donors (Lipinski definition) is 1. The summed E-state index contributed by atoms with van der Waals surface area (Å²) in [6.45, 7) is 1.62. The van der Waals surface area contributed by atoms with E-state index in [4.69, 9.17) is 0 Å². The van der Waals surface area contributed by atoms with Crippen molar-refractivity contribution in [1.29, 1.82) is 0 Å². The van der Waals surface area contributed by atoms with Gasteiger partial charge in [0.25, 0.3) is 5.91 Å². The molecule has 3 aromatic rings. The Bertz CT molecular complexity index is 1200. The van der Waals surface area contributed by atoms with Gasteiger partial charge in [0.05, 0.1) is 11.3 Å². The summed E-state index contributed by atoms with van der Waals surface area (Å²) in [5.41, 5.74) is 0.783. The number of fused-ring (bicyclic) bond motifs is 3. The molecule has 9 nitrogen and oxygen atoms in total. The largest absolute Gasteiger partial charge is 0.306 e. The third kappa shape index (κ3) is 3.15. The van der Waals surface area contributed by atoms with Crippen LogP contribution in [0.25, 0.3) is 10.7 Å². The Morgan fingerprint density at radius 2 is 1.97 bits per heavy atom. The highest BCUT2D eigenvalue weighted by atomic mass is 32.1. The number of rotatable bonds is 4. The fourth-order valence-corrected chi connectivity index (χ4v) is 4.85. The molecule has 1 N–H and O–H groups in total. The number of carbonyl (C=O) groups is 3. The van der Waals surface area contributed by atoms with Gasteiger partial charge in [-0.2, -0.15) is 0 Å². The minimum absolute atomic E-state index is 0.0583. The van der Waals surface area contributed by atoms with Crippen LogP contribution in [0, 0.1) is 0 Å². The van der Waals surface area contributed by atoms with Gasteiger partial charge in [-0.05, 0) is 37.6 Å². The average molecular weight is 434 g/mol. The minimum Gasteiger partial charge on any atom is -0.306 e. The molecule has 2 aliphatic rings. The second-order valence-electron chi connectivity index (χ2n) is 7.53. The highest BCUT2D eigenvalue weighted by Crippen LogP contribution is 2.43. The van der Waals surface area contributed by atoms with E-state index in [1.54, 1.807) is 41.4 Å². The lowest BCUT2D eigenvalue weighted by molar-refractivity contribution is -0.120. The number of benzene rings is 1. The van der Waals surface area contributed by atoms with Gasteiger partial charge in [0.1, 0.15) is 17.9 Å². The molecular formula is C21H18N6O3S. The Kier molecular flexibility index (Phi) is 4.51. The molecule has 10 heteroatoms. The molecule has 31 heavy (non-hydrogen) atoms. The van der Waals surface area contributed by atoms with Gasteiger partial charge >= 0.3 is 0 Å². The first-order valence-corrected chi connectivity index (χ1v) is 10.6. The van der Waals surface area contributed by atoms with E-state index in [-0.39, 0.29) is 18.4 Å². The van der Waals surface area contributed by atoms with Crippen molar-refractivity contribution in [3.05, 3.63) is 54.2 Å². The molecule has 2 aromatic heterocycles. The molecule has 2 aliphatic heterocycles. The summed E-state index contributed by atoms with van der Waals surface area (Å²) in [6.07, 6.45) is 2.44. The van der Waals surface area contributed by atoms with Crippen LogP contribution >= 0.6 is 11.3 Å². The van der Waals surface area contributed by atoms with Crippen LogP contribution in [0.4, 0.5) is 10.8 Å². The first-order valence-electron chi connectivity index (χ1n) is 9.76. The van der Waals surface area contributed by atoms with Crippen LogP contribution < -0.4 is 10.2 Å². The van der Waals surface area contributed by atoms with E-state index in [0.29, 0.717) is 39.9 Å². The van der Waals surface area contributed by atoms with Crippen LogP contribution in [0.15, 0.2) is 48.7 Å². The third-order valence-corrected chi connectivity index (χ3v) is 6.46. The Hall–Kier alpha value is -3.66. The molecule has 0 saturated carbocycles. The van der Waals surface area contributed by atoms with Gasteiger partial charge in [0.15, 0.2) is 5.01 Å². The van der Waals surface area contributed by atoms with Crippen LogP contribution in [0.2, 0.25) is 0 Å². The van der Waals surface area contributed by atoms with Crippen molar-refractivity contribution >= 4 is 39.9 Å². The number of para-hydroxylation sites is 1. The predicted molar refractivity (Wildman–Crippen MR) is 114 cm³/mol. The summed E-state index contributed by atoms with van der Waals surface area (Å²) >= 11 is 1.20. The molecule has 1 aromatic carbocycles. The van der Waals surface area contributed by atoms with Crippen molar-refractivity contribution in [2.24, 2.45) is 0 Å². The summed E-state index contributed by atoms with van der Waals surface area (Å²) in [5.74, 6) is -0.736. The van der Waals surface area contributed by atoms with Crippen LogP contribution in [0.1, 0.15) is 30.1 Å². The maximum atomic E-state index is 13.2. The predicted octanol–water partition coefficient (Wildman–Crippen LogP) is 2.54. The molecule has 3 amide bonds. The monoisotopic (exact) mass is 434 g/mol. The zero-order chi connectivity index (χ0) is 21.6. The molecule has 0 bridgehead atoms. The van der Waals surface area contributed by atoms with E-state index < -0.39 is 11.6 Å². The van der Waals surface area contributed by atoms with Crippen molar-refractivity contribution in [2.45, 2.75) is 25.4 Å². The lowest BCUT2D eigenvalue weighted by Gasteiger charge is -2.48. The van der Waals surface area contributed by atoms with Gasteiger partial charge in [-0.25, -0.2) is 0 Å². The number of nitrogens with zero attached hydrogens (tertiary/aromatic N) is 5. The van der Waals surface area contributed by atoms with Gasteiger partial charge in [0.2, 0.25) is 16.9 Å². The van der Waals surface area contributed by atoms with E-state index in [2.05, 4.69) is 20.5 Å². The van der Waals surface area contributed by atoms with Gasteiger partial charge in [-0.15, -0.1) is 10.2 Å². The molecule has 156 valence electrons. The summed E-state index contributed by atoms with van der Waals surface area (Å²) in [6, 6.07) is 12.5. The van der Waals surface area contributed by atoms with E-state index in [0.717, 1.165) is 0 Å². The summed E-state index contributed by atoms with van der Waals surface area (Å²) in [7, 11) is 0. The Morgan fingerprint density at radius 3 is 2.77 bits per heavy atom. The van der Waals surface area contributed by atoms with Crippen molar-refractivity contribution in [2.75, 3.05) is 16.8 Å². The minimum atomic E-state index is -0.889. The highest BCUT2D eigenvalue weighted by molar-refractivity contribution is 7.18. The van der Waals surface area contributed by atoms with E-state index >= 15 is 0 Å².